The number of alkyl halides is 3. The summed E-state index contributed by atoms with van der Waals surface area (Å²) in [7, 11) is 0. The Balaban J connectivity index is 0.000000384. The molecule has 1 aromatic heterocycles. The molecule has 9 heteroatoms. The highest BCUT2D eigenvalue weighted by Gasteiger charge is 2.38. The maximum Gasteiger partial charge on any atom is 0.490 e. The lowest BCUT2D eigenvalue weighted by atomic mass is 10.0. The van der Waals surface area contributed by atoms with Gasteiger partial charge in [0.05, 0.1) is 17.1 Å². The first-order chi connectivity index (χ1) is 17.2. The molecular formula is C27H26F3N3O3. The molecule has 6 nitrogen and oxygen atoms in total. The van der Waals surface area contributed by atoms with Crippen molar-refractivity contribution in [2.75, 3.05) is 13.1 Å². The van der Waals surface area contributed by atoms with Crippen LogP contribution < -0.4 is 0 Å². The van der Waals surface area contributed by atoms with E-state index in [4.69, 9.17) is 14.9 Å². The molecule has 1 fully saturated rings. The number of carboxylic acid groups (broad SMARTS) is 1. The van der Waals surface area contributed by atoms with Gasteiger partial charge in [-0.05, 0) is 54.3 Å². The van der Waals surface area contributed by atoms with Crippen LogP contribution >= 0.6 is 0 Å². The summed E-state index contributed by atoms with van der Waals surface area (Å²) in [5, 5.41) is 17.0. The highest BCUT2D eigenvalue weighted by molar-refractivity contribution is 5.80. The van der Waals surface area contributed by atoms with E-state index in [1.165, 1.54) is 16.7 Å². The second-order valence-electron chi connectivity index (χ2n) is 8.71. The Morgan fingerprint density at radius 2 is 1.69 bits per heavy atom. The van der Waals surface area contributed by atoms with Crippen molar-refractivity contribution in [3.63, 3.8) is 0 Å². The molecule has 188 valence electrons. The number of aliphatic hydroxyl groups excluding tert-OH is 1. The van der Waals surface area contributed by atoms with Crippen LogP contribution in [-0.2, 0) is 11.3 Å². The number of imidazole rings is 1. The predicted molar refractivity (Wildman–Crippen MR) is 131 cm³/mol. The summed E-state index contributed by atoms with van der Waals surface area (Å²) in [5.74, 6) is -1.86. The Bertz CT molecular complexity index is 1290. The molecule has 0 aliphatic carbocycles. The minimum Gasteiger partial charge on any atom is -0.475 e. The van der Waals surface area contributed by atoms with Crippen molar-refractivity contribution in [3.8, 4) is 22.5 Å². The zero-order valence-corrected chi connectivity index (χ0v) is 19.4. The first-order valence-corrected chi connectivity index (χ1v) is 11.5. The average molecular weight is 498 g/mol. The van der Waals surface area contributed by atoms with Crippen molar-refractivity contribution in [2.45, 2.75) is 31.7 Å². The monoisotopic (exact) mass is 497 g/mol. The van der Waals surface area contributed by atoms with Crippen molar-refractivity contribution in [2.24, 2.45) is 0 Å². The Morgan fingerprint density at radius 3 is 2.36 bits per heavy atom. The summed E-state index contributed by atoms with van der Waals surface area (Å²) < 4.78 is 31.7. The Hall–Kier alpha value is -3.69. The van der Waals surface area contributed by atoms with Gasteiger partial charge < -0.3 is 15.2 Å². The molecule has 4 aromatic rings. The third-order valence-electron chi connectivity index (χ3n) is 5.94. The molecule has 0 bridgehead atoms. The minimum atomic E-state index is -5.08. The minimum absolute atomic E-state index is 0.177. The van der Waals surface area contributed by atoms with E-state index in [1.807, 2.05) is 18.2 Å². The fraction of sp³-hybridized carbons (Fsp3) is 0.259. The number of carboxylic acids is 1. The summed E-state index contributed by atoms with van der Waals surface area (Å²) in [6.45, 7) is 2.75. The number of H-pyrrole nitrogens is 1. The number of rotatable bonds is 4. The molecule has 0 saturated carbocycles. The van der Waals surface area contributed by atoms with E-state index in [-0.39, 0.29) is 6.10 Å². The zero-order valence-electron chi connectivity index (χ0n) is 19.4. The number of aromatic nitrogens is 2. The number of β-amino-alcohol motifs (C(OH)–C–C–N with tert-alkyl or cyclic N) is 1. The van der Waals surface area contributed by atoms with Crippen LogP contribution in [0.15, 0.2) is 72.8 Å². The fourth-order valence-electron chi connectivity index (χ4n) is 4.17. The van der Waals surface area contributed by atoms with Gasteiger partial charge in [0.25, 0.3) is 0 Å². The summed E-state index contributed by atoms with van der Waals surface area (Å²) in [5.41, 5.74) is 6.80. The normalized spacial score (nSPS) is 16.4. The molecule has 0 amide bonds. The molecule has 1 atom stereocenters. The SMILES string of the molecule is O=C(O)C(F)(F)F.OC1CCCN(Cc2ccc(-c3cccc(-c4nc5ccccc5[nH]4)c3)cc2)C1. The molecule has 1 aliphatic rings. The number of aromatic amines is 1. The number of benzene rings is 3. The maximum absolute atomic E-state index is 10.6. The van der Waals surface area contributed by atoms with Crippen LogP contribution in [0.4, 0.5) is 13.2 Å². The smallest absolute Gasteiger partial charge is 0.475 e. The van der Waals surface area contributed by atoms with E-state index in [0.29, 0.717) is 0 Å². The second kappa shape index (κ2) is 10.9. The lowest BCUT2D eigenvalue weighted by molar-refractivity contribution is -0.192. The van der Waals surface area contributed by atoms with Crippen LogP contribution in [0, 0.1) is 0 Å². The van der Waals surface area contributed by atoms with E-state index in [0.717, 1.165) is 54.9 Å². The van der Waals surface area contributed by atoms with Crippen molar-refractivity contribution in [1.82, 2.24) is 14.9 Å². The molecule has 2 heterocycles. The van der Waals surface area contributed by atoms with E-state index in [2.05, 4.69) is 64.5 Å². The molecule has 5 rings (SSSR count). The maximum atomic E-state index is 10.6. The van der Waals surface area contributed by atoms with Gasteiger partial charge in [0.1, 0.15) is 5.82 Å². The van der Waals surface area contributed by atoms with E-state index in [1.54, 1.807) is 0 Å². The lowest BCUT2D eigenvalue weighted by Gasteiger charge is -2.30. The summed E-state index contributed by atoms with van der Waals surface area (Å²) in [4.78, 5) is 19.4. The Labute approximate surface area is 206 Å². The third kappa shape index (κ3) is 6.50. The van der Waals surface area contributed by atoms with Crippen LogP contribution in [0.2, 0.25) is 0 Å². The highest BCUT2D eigenvalue weighted by atomic mass is 19.4. The molecule has 0 radical (unpaired) electrons. The first kappa shape index (κ1) is 25.4. The van der Waals surface area contributed by atoms with Crippen molar-refractivity contribution >= 4 is 17.0 Å². The van der Waals surface area contributed by atoms with Crippen molar-refractivity contribution < 1.29 is 28.2 Å². The third-order valence-corrected chi connectivity index (χ3v) is 5.94. The Kier molecular flexibility index (Phi) is 7.71. The number of nitrogens with one attached hydrogen (secondary N) is 1. The van der Waals surface area contributed by atoms with Gasteiger partial charge in [0, 0.05) is 18.7 Å². The summed E-state index contributed by atoms with van der Waals surface area (Å²) in [6.07, 6.45) is -3.26. The number of aliphatic hydroxyl groups is 1. The number of carbonyl (C=O) groups is 1. The zero-order chi connectivity index (χ0) is 25.7. The molecule has 0 spiro atoms. The second-order valence-corrected chi connectivity index (χ2v) is 8.71. The van der Waals surface area contributed by atoms with Gasteiger partial charge in [0.2, 0.25) is 0 Å². The van der Waals surface area contributed by atoms with Gasteiger partial charge in [-0.1, -0.05) is 54.6 Å². The largest absolute Gasteiger partial charge is 0.490 e. The number of aliphatic carboxylic acids is 1. The highest BCUT2D eigenvalue weighted by Crippen LogP contribution is 2.27. The van der Waals surface area contributed by atoms with Crippen molar-refractivity contribution in [1.29, 1.82) is 0 Å². The molecule has 1 aliphatic heterocycles. The fourth-order valence-corrected chi connectivity index (χ4v) is 4.17. The molecule has 3 aromatic carbocycles. The standard InChI is InChI=1S/C25H25N3O.C2HF3O2/c29-22-7-4-14-28(17-22)16-18-10-12-19(13-11-18)20-5-3-6-21(15-20)25-26-23-8-1-2-9-24(23)27-25;3-2(4,5)1(6)7/h1-3,5-6,8-13,15,22,29H,4,7,14,16-17H2,(H,26,27);(H,6,7). The lowest BCUT2D eigenvalue weighted by Crippen LogP contribution is -2.37. The number of hydrogen-bond acceptors (Lipinski definition) is 4. The van der Waals surface area contributed by atoms with E-state index in [9.17, 15) is 18.3 Å². The van der Waals surface area contributed by atoms with E-state index < -0.39 is 12.1 Å². The molecule has 1 saturated heterocycles. The van der Waals surface area contributed by atoms with Crippen LogP contribution in [-0.4, -0.2) is 56.4 Å². The number of halogens is 3. The molecule has 1 unspecified atom stereocenters. The average Bonchev–Trinajstić information content (AvgIpc) is 3.29. The number of fused-ring (bicyclic) bond motifs is 1. The van der Waals surface area contributed by atoms with Gasteiger partial charge in [-0.15, -0.1) is 0 Å². The molecule has 3 N–H and O–H groups in total. The van der Waals surface area contributed by atoms with Crippen LogP contribution in [0.3, 0.4) is 0 Å². The van der Waals surface area contributed by atoms with Gasteiger partial charge in [0.15, 0.2) is 0 Å². The van der Waals surface area contributed by atoms with Crippen LogP contribution in [0.5, 0.6) is 0 Å². The van der Waals surface area contributed by atoms with Gasteiger partial charge in [-0.2, -0.15) is 13.2 Å². The first-order valence-electron chi connectivity index (χ1n) is 11.5. The number of likely N-dealkylation sites (tertiary alicyclic amines) is 1. The summed E-state index contributed by atoms with van der Waals surface area (Å²) in [6, 6.07) is 25.4. The summed E-state index contributed by atoms with van der Waals surface area (Å²) >= 11 is 0. The van der Waals surface area contributed by atoms with Gasteiger partial charge >= 0.3 is 12.1 Å². The van der Waals surface area contributed by atoms with E-state index >= 15 is 0 Å². The number of piperidine rings is 1. The van der Waals surface area contributed by atoms with Crippen molar-refractivity contribution in [3.05, 3.63) is 78.4 Å². The number of para-hydroxylation sites is 2. The Morgan fingerprint density at radius 1 is 1.00 bits per heavy atom. The number of hydrogen-bond donors (Lipinski definition) is 3. The van der Waals surface area contributed by atoms with Crippen LogP contribution in [0.25, 0.3) is 33.5 Å². The predicted octanol–water partition coefficient (Wildman–Crippen LogP) is 5.49. The van der Waals surface area contributed by atoms with Gasteiger partial charge in [-0.25, -0.2) is 9.78 Å². The quantitative estimate of drug-likeness (QED) is 0.347. The molecule has 36 heavy (non-hydrogen) atoms. The topological polar surface area (TPSA) is 89.4 Å². The van der Waals surface area contributed by atoms with Crippen LogP contribution in [0.1, 0.15) is 18.4 Å². The molecular weight excluding hydrogens is 471 g/mol. The number of nitrogens with zero attached hydrogens (tertiary/aromatic N) is 2. The van der Waals surface area contributed by atoms with Gasteiger partial charge in [-0.3, -0.25) is 4.90 Å².